The number of hydrogen-bond donors (Lipinski definition) is 1. The summed E-state index contributed by atoms with van der Waals surface area (Å²) in [7, 11) is 0. The molecule has 0 amide bonds. The van der Waals surface area contributed by atoms with Crippen molar-refractivity contribution in [1.29, 1.82) is 0 Å². The second-order valence-electron chi connectivity index (χ2n) is 6.16. The lowest BCUT2D eigenvalue weighted by Gasteiger charge is -2.30. The Morgan fingerprint density at radius 1 is 1.44 bits per heavy atom. The van der Waals surface area contributed by atoms with E-state index in [1.807, 2.05) is 6.08 Å². The van der Waals surface area contributed by atoms with Gasteiger partial charge in [0.2, 0.25) is 0 Å². The zero-order valence-electron chi connectivity index (χ0n) is 12.0. The van der Waals surface area contributed by atoms with Crippen LogP contribution in [-0.2, 0) is 9.53 Å². The van der Waals surface area contributed by atoms with Gasteiger partial charge in [0.15, 0.2) is 11.5 Å². The van der Waals surface area contributed by atoms with Gasteiger partial charge in [-0.2, -0.15) is 0 Å². The van der Waals surface area contributed by atoms with Gasteiger partial charge < -0.3 is 10.5 Å². The minimum Gasteiger partial charge on any atom is -0.490 e. The van der Waals surface area contributed by atoms with E-state index >= 15 is 0 Å². The molecule has 0 aromatic carbocycles. The summed E-state index contributed by atoms with van der Waals surface area (Å²) in [5, 5.41) is 0. The van der Waals surface area contributed by atoms with Gasteiger partial charge in [-0.25, -0.2) is 0 Å². The lowest BCUT2D eigenvalue weighted by molar-refractivity contribution is -0.119. The standard InChI is InChI=1S/C15H27NO2/c1-15(2,3)12(9-10-16)7-8-13(17)14-6-4-5-11-18-14/h6,12H,4-5,7-11,16H2,1-3H3. The van der Waals surface area contributed by atoms with E-state index in [0.717, 1.165) is 25.7 Å². The number of hydrogen-bond acceptors (Lipinski definition) is 3. The molecule has 18 heavy (non-hydrogen) atoms. The van der Waals surface area contributed by atoms with E-state index in [2.05, 4.69) is 20.8 Å². The quantitative estimate of drug-likeness (QED) is 0.791. The van der Waals surface area contributed by atoms with Crippen molar-refractivity contribution >= 4 is 5.78 Å². The highest BCUT2D eigenvalue weighted by molar-refractivity contribution is 5.93. The summed E-state index contributed by atoms with van der Waals surface area (Å²) in [6.45, 7) is 8.02. The molecule has 0 saturated carbocycles. The maximum Gasteiger partial charge on any atom is 0.197 e. The van der Waals surface area contributed by atoms with E-state index in [0.29, 0.717) is 31.2 Å². The Hall–Kier alpha value is -0.830. The Morgan fingerprint density at radius 2 is 2.17 bits per heavy atom. The van der Waals surface area contributed by atoms with Crippen molar-refractivity contribution in [1.82, 2.24) is 0 Å². The van der Waals surface area contributed by atoms with Gasteiger partial charge in [-0.1, -0.05) is 20.8 Å². The average Bonchev–Trinajstić information content (AvgIpc) is 2.33. The molecule has 3 heteroatoms. The molecule has 1 heterocycles. The van der Waals surface area contributed by atoms with Crippen LogP contribution in [0.4, 0.5) is 0 Å². The molecular formula is C15H27NO2. The van der Waals surface area contributed by atoms with Gasteiger partial charge >= 0.3 is 0 Å². The summed E-state index contributed by atoms with van der Waals surface area (Å²) >= 11 is 0. The maximum atomic E-state index is 12.0. The summed E-state index contributed by atoms with van der Waals surface area (Å²) in [5.41, 5.74) is 5.86. The van der Waals surface area contributed by atoms with E-state index in [1.165, 1.54) is 0 Å². The molecule has 0 radical (unpaired) electrons. The summed E-state index contributed by atoms with van der Waals surface area (Å²) in [4.78, 5) is 12.0. The van der Waals surface area contributed by atoms with Crippen molar-refractivity contribution in [2.24, 2.45) is 17.1 Å². The highest BCUT2D eigenvalue weighted by atomic mass is 16.5. The minimum atomic E-state index is 0.154. The van der Waals surface area contributed by atoms with Crippen LogP contribution in [-0.4, -0.2) is 18.9 Å². The van der Waals surface area contributed by atoms with E-state index in [1.54, 1.807) is 0 Å². The predicted molar refractivity (Wildman–Crippen MR) is 74.1 cm³/mol. The number of rotatable bonds is 6. The van der Waals surface area contributed by atoms with Crippen LogP contribution in [0.5, 0.6) is 0 Å². The van der Waals surface area contributed by atoms with Crippen LogP contribution in [0.1, 0.15) is 52.9 Å². The topological polar surface area (TPSA) is 52.3 Å². The largest absolute Gasteiger partial charge is 0.490 e. The predicted octanol–water partition coefficient (Wildman–Crippen LogP) is 3.04. The third-order valence-electron chi connectivity index (χ3n) is 3.67. The molecule has 0 aromatic heterocycles. The molecule has 0 aromatic rings. The number of allylic oxidation sites excluding steroid dienone is 2. The highest BCUT2D eigenvalue weighted by Crippen LogP contribution is 2.32. The zero-order chi connectivity index (χ0) is 13.6. The number of Topliss-reactive ketones (excluding diaryl/α,β-unsaturated/α-hetero) is 1. The van der Waals surface area contributed by atoms with Crippen LogP contribution in [0.3, 0.4) is 0 Å². The van der Waals surface area contributed by atoms with Crippen LogP contribution in [0.15, 0.2) is 11.8 Å². The number of carbonyl (C=O) groups is 1. The van der Waals surface area contributed by atoms with Gasteiger partial charge in [0.1, 0.15) is 0 Å². The van der Waals surface area contributed by atoms with Crippen LogP contribution in [0.25, 0.3) is 0 Å². The van der Waals surface area contributed by atoms with Gasteiger partial charge in [0.25, 0.3) is 0 Å². The number of ether oxygens (including phenoxy) is 1. The molecule has 0 spiro atoms. The van der Waals surface area contributed by atoms with Gasteiger partial charge in [0.05, 0.1) is 6.61 Å². The Balaban J connectivity index is 2.46. The molecule has 0 aliphatic carbocycles. The van der Waals surface area contributed by atoms with Gasteiger partial charge in [0, 0.05) is 6.42 Å². The normalized spacial score (nSPS) is 17.9. The molecular weight excluding hydrogens is 226 g/mol. The Morgan fingerprint density at radius 3 is 2.67 bits per heavy atom. The second-order valence-corrected chi connectivity index (χ2v) is 6.16. The molecule has 1 rings (SSSR count). The fourth-order valence-corrected chi connectivity index (χ4v) is 2.39. The number of ketones is 1. The smallest absolute Gasteiger partial charge is 0.197 e. The van der Waals surface area contributed by atoms with Crippen LogP contribution < -0.4 is 5.73 Å². The summed E-state index contributed by atoms with van der Waals surface area (Å²) < 4.78 is 5.40. The first-order chi connectivity index (χ1) is 8.45. The van der Waals surface area contributed by atoms with Crippen molar-refractivity contribution in [3.8, 4) is 0 Å². The monoisotopic (exact) mass is 253 g/mol. The fourth-order valence-electron chi connectivity index (χ4n) is 2.39. The first-order valence-corrected chi connectivity index (χ1v) is 7.01. The van der Waals surface area contributed by atoms with Gasteiger partial charge in [-0.05, 0) is 49.6 Å². The molecule has 3 nitrogen and oxygen atoms in total. The second kappa shape index (κ2) is 6.93. The zero-order valence-corrected chi connectivity index (χ0v) is 12.0. The van der Waals surface area contributed by atoms with Crippen molar-refractivity contribution in [3.05, 3.63) is 11.8 Å². The third-order valence-corrected chi connectivity index (χ3v) is 3.67. The molecule has 1 aliphatic heterocycles. The van der Waals surface area contributed by atoms with Crippen LogP contribution in [0, 0.1) is 11.3 Å². The summed E-state index contributed by atoms with van der Waals surface area (Å²) in [6.07, 6.45) is 6.38. The molecule has 0 fully saturated rings. The Kier molecular flexibility index (Phi) is 5.86. The van der Waals surface area contributed by atoms with Crippen LogP contribution >= 0.6 is 0 Å². The highest BCUT2D eigenvalue weighted by Gasteiger charge is 2.25. The average molecular weight is 253 g/mol. The van der Waals surface area contributed by atoms with Gasteiger partial charge in [-0.15, -0.1) is 0 Å². The molecule has 1 aliphatic rings. The molecule has 1 unspecified atom stereocenters. The van der Waals surface area contributed by atoms with Gasteiger partial charge in [-0.3, -0.25) is 4.79 Å². The lowest BCUT2D eigenvalue weighted by Crippen LogP contribution is -2.24. The third kappa shape index (κ3) is 4.81. The molecule has 0 saturated heterocycles. The van der Waals surface area contributed by atoms with Crippen molar-refractivity contribution in [3.63, 3.8) is 0 Å². The SMILES string of the molecule is CC(C)(C)C(CCN)CCC(=O)C1=CCCCO1. The van der Waals surface area contributed by atoms with Crippen molar-refractivity contribution < 1.29 is 9.53 Å². The van der Waals surface area contributed by atoms with Crippen molar-refractivity contribution in [2.45, 2.75) is 52.9 Å². The van der Waals surface area contributed by atoms with E-state index in [4.69, 9.17) is 10.5 Å². The molecule has 0 bridgehead atoms. The van der Waals surface area contributed by atoms with E-state index in [9.17, 15) is 4.79 Å². The first-order valence-electron chi connectivity index (χ1n) is 7.01. The van der Waals surface area contributed by atoms with Crippen molar-refractivity contribution in [2.75, 3.05) is 13.2 Å². The molecule has 2 N–H and O–H groups in total. The lowest BCUT2D eigenvalue weighted by atomic mass is 9.76. The Labute approximate surface area is 111 Å². The molecule has 104 valence electrons. The molecule has 1 atom stereocenters. The Bertz CT molecular complexity index is 302. The maximum absolute atomic E-state index is 12.0. The first kappa shape index (κ1) is 15.2. The van der Waals surface area contributed by atoms with Crippen LogP contribution in [0.2, 0.25) is 0 Å². The van der Waals surface area contributed by atoms with E-state index < -0.39 is 0 Å². The summed E-state index contributed by atoms with van der Waals surface area (Å²) in [6, 6.07) is 0. The number of carbonyl (C=O) groups excluding carboxylic acids is 1. The minimum absolute atomic E-state index is 0.154. The number of nitrogens with two attached hydrogens (primary N) is 1. The fraction of sp³-hybridized carbons (Fsp3) is 0.800. The van der Waals surface area contributed by atoms with E-state index in [-0.39, 0.29) is 11.2 Å². The summed E-state index contributed by atoms with van der Waals surface area (Å²) in [5.74, 6) is 1.23.